The van der Waals surface area contributed by atoms with Crippen LogP contribution in [0.3, 0.4) is 0 Å². The first-order chi connectivity index (χ1) is 4.55. The van der Waals surface area contributed by atoms with Crippen molar-refractivity contribution in [2.24, 2.45) is 22.9 Å². The molecule has 0 heterocycles. The molecule has 0 saturated heterocycles. The Kier molecular flexibility index (Phi) is 1.38. The van der Waals surface area contributed by atoms with Crippen LogP contribution in [0, 0.1) is 0 Å². The van der Waals surface area contributed by atoms with Crippen molar-refractivity contribution in [3.8, 4) is 0 Å². The van der Waals surface area contributed by atoms with Crippen LogP contribution in [0.25, 0.3) is 0 Å². The van der Waals surface area contributed by atoms with E-state index in [0.717, 1.165) is 0 Å². The summed E-state index contributed by atoms with van der Waals surface area (Å²) < 4.78 is 0. The molecule has 0 amide bonds. The molecule has 1 rings (SSSR count). The highest BCUT2D eigenvalue weighted by atomic mass is 16.1. The summed E-state index contributed by atoms with van der Waals surface area (Å²) >= 11 is 0. The van der Waals surface area contributed by atoms with E-state index in [2.05, 4.69) is 0 Å². The highest BCUT2D eigenvalue weighted by Gasteiger charge is 2.34. The van der Waals surface area contributed by atoms with E-state index in [4.69, 9.17) is 22.9 Å². The van der Waals surface area contributed by atoms with Crippen molar-refractivity contribution in [2.75, 3.05) is 0 Å². The van der Waals surface area contributed by atoms with E-state index in [1.807, 2.05) is 0 Å². The molecule has 0 spiro atoms. The Bertz CT molecular complexity index is 210. The van der Waals surface area contributed by atoms with Crippen LogP contribution in [0.15, 0.2) is 11.4 Å². The first kappa shape index (κ1) is 7.04. The molecule has 10 heavy (non-hydrogen) atoms. The summed E-state index contributed by atoms with van der Waals surface area (Å²) in [4.78, 5) is 10.9. The molecule has 2 atom stereocenters. The zero-order valence-corrected chi connectivity index (χ0v) is 5.37. The normalized spacial score (nSPS) is 33.6. The minimum atomic E-state index is -0.750. The summed E-state index contributed by atoms with van der Waals surface area (Å²) in [5.74, 6) is -0.356. The molecule has 0 bridgehead atoms. The summed E-state index contributed by atoms with van der Waals surface area (Å²) in [6, 6.07) is -1.35. The van der Waals surface area contributed by atoms with E-state index < -0.39 is 12.1 Å². The SMILES string of the molecule is NC1=C(N)C(N)C(N)C1=O. The molecule has 2 unspecified atom stereocenters. The van der Waals surface area contributed by atoms with Gasteiger partial charge in [-0.1, -0.05) is 0 Å². The van der Waals surface area contributed by atoms with Crippen LogP contribution in [0.5, 0.6) is 0 Å². The molecule has 1 aliphatic rings. The predicted molar refractivity (Wildman–Crippen MR) is 36.4 cm³/mol. The van der Waals surface area contributed by atoms with E-state index in [0.29, 0.717) is 0 Å². The number of Topliss-reactive ketones (excluding diaryl/α,β-unsaturated/α-hetero) is 1. The van der Waals surface area contributed by atoms with Crippen molar-refractivity contribution in [1.29, 1.82) is 0 Å². The number of ketones is 1. The third kappa shape index (κ3) is 0.680. The standard InChI is InChI=1S/C5H10N4O/c6-1-2(7)4(9)5(10)3(1)8/h1,3H,6-9H2. The molecule has 5 heteroatoms. The van der Waals surface area contributed by atoms with Crippen molar-refractivity contribution in [1.82, 2.24) is 0 Å². The van der Waals surface area contributed by atoms with Gasteiger partial charge in [-0.25, -0.2) is 0 Å². The summed E-state index contributed by atoms with van der Waals surface area (Å²) in [7, 11) is 0. The van der Waals surface area contributed by atoms with Crippen LogP contribution < -0.4 is 22.9 Å². The lowest BCUT2D eigenvalue weighted by molar-refractivity contribution is -0.116. The quantitative estimate of drug-likeness (QED) is 0.294. The number of rotatable bonds is 0. The molecule has 5 nitrogen and oxygen atoms in total. The fraction of sp³-hybridized carbons (Fsp3) is 0.400. The number of nitrogens with two attached hydrogens (primary N) is 4. The lowest BCUT2D eigenvalue weighted by Gasteiger charge is -2.07. The molecule has 0 radical (unpaired) electrons. The third-order valence-corrected chi connectivity index (χ3v) is 1.63. The van der Waals surface area contributed by atoms with Gasteiger partial charge >= 0.3 is 0 Å². The first-order valence-corrected chi connectivity index (χ1v) is 2.86. The maximum Gasteiger partial charge on any atom is 0.198 e. The molecular weight excluding hydrogens is 132 g/mol. The van der Waals surface area contributed by atoms with Crippen molar-refractivity contribution in [3.63, 3.8) is 0 Å². The number of hydrogen-bond donors (Lipinski definition) is 4. The van der Waals surface area contributed by atoms with Crippen LogP contribution in [0.1, 0.15) is 0 Å². The molecule has 0 aromatic rings. The van der Waals surface area contributed by atoms with Gasteiger partial charge in [0.1, 0.15) is 0 Å². The summed E-state index contributed by atoms with van der Waals surface area (Å²) in [5.41, 5.74) is 21.5. The van der Waals surface area contributed by atoms with E-state index in [-0.39, 0.29) is 17.2 Å². The van der Waals surface area contributed by atoms with Crippen LogP contribution in [0.2, 0.25) is 0 Å². The maximum absolute atomic E-state index is 10.9. The van der Waals surface area contributed by atoms with Crippen molar-refractivity contribution >= 4 is 5.78 Å². The van der Waals surface area contributed by atoms with Gasteiger partial charge in [0.15, 0.2) is 5.78 Å². The molecule has 0 aromatic carbocycles. The van der Waals surface area contributed by atoms with Gasteiger partial charge in [0.2, 0.25) is 0 Å². The molecule has 8 N–H and O–H groups in total. The Morgan fingerprint density at radius 2 is 1.60 bits per heavy atom. The monoisotopic (exact) mass is 142 g/mol. The maximum atomic E-state index is 10.9. The van der Waals surface area contributed by atoms with Gasteiger partial charge in [0.25, 0.3) is 0 Å². The van der Waals surface area contributed by atoms with E-state index in [1.54, 1.807) is 0 Å². The van der Waals surface area contributed by atoms with Crippen LogP contribution in [-0.2, 0) is 4.79 Å². The van der Waals surface area contributed by atoms with Crippen LogP contribution >= 0.6 is 0 Å². The second-order valence-electron chi connectivity index (χ2n) is 2.28. The van der Waals surface area contributed by atoms with Gasteiger partial charge in [0, 0.05) is 0 Å². The van der Waals surface area contributed by atoms with Gasteiger partial charge in [-0.2, -0.15) is 0 Å². The van der Waals surface area contributed by atoms with Crippen molar-refractivity contribution in [3.05, 3.63) is 11.4 Å². The van der Waals surface area contributed by atoms with Gasteiger partial charge in [-0.3, -0.25) is 4.79 Å². The molecular formula is C5H10N4O. The Morgan fingerprint density at radius 3 is 1.70 bits per heavy atom. The highest BCUT2D eigenvalue weighted by Crippen LogP contribution is 2.12. The van der Waals surface area contributed by atoms with Crippen molar-refractivity contribution < 1.29 is 4.79 Å². The molecule has 0 aromatic heterocycles. The smallest absolute Gasteiger partial charge is 0.198 e. The summed E-state index contributed by atoms with van der Waals surface area (Å²) in [6.07, 6.45) is 0. The highest BCUT2D eigenvalue weighted by molar-refractivity contribution is 6.03. The van der Waals surface area contributed by atoms with E-state index in [1.165, 1.54) is 0 Å². The van der Waals surface area contributed by atoms with E-state index >= 15 is 0 Å². The van der Waals surface area contributed by atoms with Gasteiger partial charge in [-0.05, 0) is 0 Å². The zero-order valence-electron chi connectivity index (χ0n) is 5.37. The largest absolute Gasteiger partial charge is 0.399 e. The Labute approximate surface area is 58.0 Å². The fourth-order valence-corrected chi connectivity index (χ4v) is 0.858. The fourth-order valence-electron chi connectivity index (χ4n) is 0.858. The number of carbonyl (C=O) groups excluding carboxylic acids is 1. The Hall–Kier alpha value is -1.07. The average Bonchev–Trinajstić information content (AvgIpc) is 2.07. The number of carbonyl (C=O) groups is 1. The Balaban J connectivity index is 2.99. The van der Waals surface area contributed by atoms with Crippen molar-refractivity contribution in [2.45, 2.75) is 12.1 Å². The minimum absolute atomic E-state index is 0.0139. The molecule has 1 aliphatic carbocycles. The topological polar surface area (TPSA) is 121 Å². The second kappa shape index (κ2) is 1.96. The molecule has 0 saturated carbocycles. The van der Waals surface area contributed by atoms with Gasteiger partial charge < -0.3 is 22.9 Å². The van der Waals surface area contributed by atoms with Gasteiger partial charge in [0.05, 0.1) is 23.5 Å². The Morgan fingerprint density at radius 1 is 1.10 bits per heavy atom. The zero-order chi connectivity index (χ0) is 7.89. The lowest BCUT2D eigenvalue weighted by Crippen LogP contribution is -2.44. The summed E-state index contributed by atoms with van der Waals surface area (Å²) in [6.45, 7) is 0. The van der Waals surface area contributed by atoms with E-state index in [9.17, 15) is 4.79 Å². The summed E-state index contributed by atoms with van der Waals surface area (Å²) in [5, 5.41) is 0. The predicted octanol–water partition coefficient (Wildman–Crippen LogP) is -2.65. The van der Waals surface area contributed by atoms with Crippen LogP contribution in [0.4, 0.5) is 0 Å². The first-order valence-electron chi connectivity index (χ1n) is 2.86. The average molecular weight is 142 g/mol. The van der Waals surface area contributed by atoms with Gasteiger partial charge in [-0.15, -0.1) is 0 Å². The minimum Gasteiger partial charge on any atom is -0.399 e. The molecule has 0 aliphatic heterocycles. The van der Waals surface area contributed by atoms with Crippen LogP contribution in [-0.4, -0.2) is 17.9 Å². The number of hydrogen-bond acceptors (Lipinski definition) is 5. The second-order valence-corrected chi connectivity index (χ2v) is 2.28. The molecule has 0 fully saturated rings. The lowest BCUT2D eigenvalue weighted by atomic mass is 10.1. The molecule has 56 valence electrons. The third-order valence-electron chi connectivity index (χ3n) is 1.63.